The van der Waals surface area contributed by atoms with E-state index in [0.717, 1.165) is 22.9 Å². The molecule has 2 aromatic carbocycles. The smallest absolute Gasteiger partial charge is 0.341 e. The Morgan fingerprint density at radius 2 is 1.88 bits per heavy atom. The van der Waals surface area contributed by atoms with E-state index in [9.17, 15) is 4.79 Å². The number of aryl methyl sites for hydroxylation is 1. The Bertz CT molecular complexity index is 837. The van der Waals surface area contributed by atoms with Crippen LogP contribution in [-0.2, 0) is 18.4 Å². The molecule has 0 aliphatic rings. The first kappa shape index (κ1) is 16.1. The molecule has 0 aliphatic heterocycles. The Morgan fingerprint density at radius 3 is 2.62 bits per heavy atom. The molecule has 0 unspecified atom stereocenters. The normalized spacial score (nSPS) is 10.8. The van der Waals surface area contributed by atoms with E-state index < -0.39 is 0 Å². The molecule has 4 nitrogen and oxygen atoms in total. The first-order chi connectivity index (χ1) is 11.7. The van der Waals surface area contributed by atoms with E-state index in [1.165, 1.54) is 0 Å². The van der Waals surface area contributed by atoms with Crippen LogP contribution in [0, 0.1) is 0 Å². The van der Waals surface area contributed by atoms with Gasteiger partial charge in [-0.05, 0) is 30.2 Å². The van der Waals surface area contributed by atoms with E-state index in [1.807, 2.05) is 67.2 Å². The predicted octanol–water partition coefficient (Wildman–Crippen LogP) is 4.32. The average molecular weight is 323 g/mol. The molecule has 0 saturated heterocycles. The zero-order valence-corrected chi connectivity index (χ0v) is 14.0. The van der Waals surface area contributed by atoms with Crippen LogP contribution in [0.5, 0.6) is 5.75 Å². The van der Waals surface area contributed by atoms with Crippen molar-refractivity contribution in [3.05, 3.63) is 65.9 Å². The molecule has 0 aliphatic carbocycles. The van der Waals surface area contributed by atoms with Gasteiger partial charge in [-0.15, -0.1) is 0 Å². The van der Waals surface area contributed by atoms with Crippen LogP contribution in [-0.4, -0.2) is 17.1 Å². The molecule has 3 rings (SSSR count). The fraction of sp³-hybridized carbons (Fsp3) is 0.250. The highest BCUT2D eigenvalue weighted by Crippen LogP contribution is 2.32. The Morgan fingerprint density at radius 1 is 1.08 bits per heavy atom. The second kappa shape index (κ2) is 7.21. The van der Waals surface area contributed by atoms with Gasteiger partial charge in [0.25, 0.3) is 0 Å². The zero-order valence-electron chi connectivity index (χ0n) is 14.0. The summed E-state index contributed by atoms with van der Waals surface area (Å²) < 4.78 is 13.3. The minimum absolute atomic E-state index is 0.342. The Balaban J connectivity index is 1.96. The minimum Gasteiger partial charge on any atom is -0.487 e. The fourth-order valence-electron chi connectivity index (χ4n) is 2.64. The molecule has 0 atom stereocenters. The van der Waals surface area contributed by atoms with Gasteiger partial charge in [0.2, 0.25) is 0 Å². The SMILES string of the molecule is CCCOC(=O)c1ccc2c(ccn2C)c1OCc1ccccc1. The largest absolute Gasteiger partial charge is 0.487 e. The van der Waals surface area contributed by atoms with Crippen LogP contribution in [0.4, 0.5) is 0 Å². The summed E-state index contributed by atoms with van der Waals surface area (Å²) >= 11 is 0. The number of nitrogens with zero attached hydrogens (tertiary/aromatic N) is 1. The van der Waals surface area contributed by atoms with Crippen molar-refractivity contribution in [1.29, 1.82) is 0 Å². The van der Waals surface area contributed by atoms with Crippen LogP contribution in [0.25, 0.3) is 10.9 Å². The standard InChI is InChI=1S/C20H21NO3/c1-3-13-23-20(22)17-9-10-18-16(11-12-21(18)2)19(17)24-14-15-7-5-4-6-8-15/h4-12H,3,13-14H2,1-2H3. The van der Waals surface area contributed by atoms with Crippen molar-refractivity contribution in [1.82, 2.24) is 4.57 Å². The van der Waals surface area contributed by atoms with E-state index in [-0.39, 0.29) is 5.97 Å². The van der Waals surface area contributed by atoms with Crippen molar-refractivity contribution < 1.29 is 14.3 Å². The molecule has 1 aromatic heterocycles. The third kappa shape index (κ3) is 3.27. The summed E-state index contributed by atoms with van der Waals surface area (Å²) in [7, 11) is 1.97. The summed E-state index contributed by atoms with van der Waals surface area (Å²) in [6.45, 7) is 2.78. The minimum atomic E-state index is -0.342. The third-order valence-electron chi connectivity index (χ3n) is 3.90. The summed E-state index contributed by atoms with van der Waals surface area (Å²) in [4.78, 5) is 12.4. The Kier molecular flexibility index (Phi) is 4.85. The van der Waals surface area contributed by atoms with Crippen LogP contribution < -0.4 is 4.74 Å². The molecule has 0 fully saturated rings. The number of fused-ring (bicyclic) bond motifs is 1. The number of aromatic nitrogens is 1. The monoisotopic (exact) mass is 323 g/mol. The lowest BCUT2D eigenvalue weighted by atomic mass is 10.1. The van der Waals surface area contributed by atoms with Gasteiger partial charge >= 0.3 is 5.97 Å². The summed E-state index contributed by atoms with van der Waals surface area (Å²) in [6.07, 6.45) is 2.75. The second-order valence-corrected chi connectivity index (χ2v) is 5.71. The topological polar surface area (TPSA) is 40.5 Å². The van der Waals surface area contributed by atoms with Crippen molar-refractivity contribution in [2.45, 2.75) is 20.0 Å². The van der Waals surface area contributed by atoms with Crippen LogP contribution >= 0.6 is 0 Å². The zero-order chi connectivity index (χ0) is 16.9. The number of esters is 1. The van der Waals surface area contributed by atoms with E-state index in [4.69, 9.17) is 9.47 Å². The van der Waals surface area contributed by atoms with Gasteiger partial charge in [-0.1, -0.05) is 37.3 Å². The number of hydrogen-bond acceptors (Lipinski definition) is 3. The second-order valence-electron chi connectivity index (χ2n) is 5.71. The third-order valence-corrected chi connectivity index (χ3v) is 3.90. The van der Waals surface area contributed by atoms with Gasteiger partial charge in [0, 0.05) is 18.6 Å². The van der Waals surface area contributed by atoms with E-state index >= 15 is 0 Å². The number of carbonyl (C=O) groups excluding carboxylic acids is 1. The van der Waals surface area contributed by atoms with Crippen LogP contribution in [0.1, 0.15) is 29.3 Å². The molecule has 24 heavy (non-hydrogen) atoms. The summed E-state index contributed by atoms with van der Waals surface area (Å²) in [5, 5.41) is 0.916. The summed E-state index contributed by atoms with van der Waals surface area (Å²) in [6, 6.07) is 15.6. The fourth-order valence-corrected chi connectivity index (χ4v) is 2.64. The van der Waals surface area contributed by atoms with Crippen molar-refractivity contribution in [2.24, 2.45) is 7.05 Å². The van der Waals surface area contributed by atoms with E-state index in [0.29, 0.717) is 24.5 Å². The maximum absolute atomic E-state index is 12.4. The lowest BCUT2D eigenvalue weighted by Crippen LogP contribution is -2.09. The van der Waals surface area contributed by atoms with Gasteiger partial charge in [0.05, 0.1) is 12.1 Å². The van der Waals surface area contributed by atoms with Crippen molar-refractivity contribution in [3.63, 3.8) is 0 Å². The van der Waals surface area contributed by atoms with Crippen LogP contribution in [0.3, 0.4) is 0 Å². The average Bonchev–Trinajstić information content (AvgIpc) is 3.00. The highest BCUT2D eigenvalue weighted by atomic mass is 16.5. The molecule has 3 aromatic rings. The number of ether oxygens (including phenoxy) is 2. The van der Waals surface area contributed by atoms with Gasteiger partial charge in [-0.3, -0.25) is 0 Å². The quantitative estimate of drug-likeness (QED) is 0.634. The molecule has 0 saturated carbocycles. The van der Waals surface area contributed by atoms with E-state index in [2.05, 4.69) is 0 Å². The first-order valence-electron chi connectivity index (χ1n) is 8.12. The van der Waals surface area contributed by atoms with Gasteiger partial charge in [0.1, 0.15) is 17.9 Å². The van der Waals surface area contributed by atoms with Crippen LogP contribution in [0.2, 0.25) is 0 Å². The Hall–Kier alpha value is -2.75. The molecule has 1 heterocycles. The van der Waals surface area contributed by atoms with Crippen molar-refractivity contribution in [3.8, 4) is 5.75 Å². The van der Waals surface area contributed by atoms with Gasteiger partial charge in [-0.25, -0.2) is 4.79 Å². The maximum Gasteiger partial charge on any atom is 0.341 e. The predicted molar refractivity (Wildman–Crippen MR) is 94.3 cm³/mol. The molecular weight excluding hydrogens is 302 g/mol. The molecule has 0 amide bonds. The van der Waals surface area contributed by atoms with Crippen LogP contribution in [0.15, 0.2) is 54.7 Å². The number of rotatable bonds is 6. The Labute approximate surface area is 141 Å². The molecule has 0 radical (unpaired) electrons. The van der Waals surface area contributed by atoms with Crippen molar-refractivity contribution in [2.75, 3.05) is 6.61 Å². The van der Waals surface area contributed by atoms with Gasteiger partial charge in [0.15, 0.2) is 0 Å². The first-order valence-corrected chi connectivity index (χ1v) is 8.12. The molecule has 0 bridgehead atoms. The highest BCUT2D eigenvalue weighted by molar-refractivity contribution is 6.00. The van der Waals surface area contributed by atoms with Gasteiger partial charge < -0.3 is 14.0 Å². The van der Waals surface area contributed by atoms with Gasteiger partial charge in [-0.2, -0.15) is 0 Å². The molecule has 0 N–H and O–H groups in total. The molecular formula is C20H21NO3. The lowest BCUT2D eigenvalue weighted by molar-refractivity contribution is 0.0500. The molecule has 124 valence electrons. The summed E-state index contributed by atoms with van der Waals surface area (Å²) in [5.74, 6) is 0.240. The number of hydrogen-bond donors (Lipinski definition) is 0. The highest BCUT2D eigenvalue weighted by Gasteiger charge is 2.18. The lowest BCUT2D eigenvalue weighted by Gasteiger charge is -2.13. The number of benzene rings is 2. The maximum atomic E-state index is 12.4. The van der Waals surface area contributed by atoms with Crippen molar-refractivity contribution >= 4 is 16.9 Å². The summed E-state index contributed by atoms with van der Waals surface area (Å²) in [5.41, 5.74) is 2.54. The number of carbonyl (C=O) groups is 1. The molecule has 4 heteroatoms. The molecule has 0 spiro atoms. The van der Waals surface area contributed by atoms with E-state index in [1.54, 1.807) is 6.07 Å².